The zero-order valence-corrected chi connectivity index (χ0v) is 11.8. The summed E-state index contributed by atoms with van der Waals surface area (Å²) in [6.07, 6.45) is 3.82. The lowest BCUT2D eigenvalue weighted by Gasteiger charge is -2.16. The fourth-order valence-electron chi connectivity index (χ4n) is 1.85. The lowest BCUT2D eigenvalue weighted by atomic mass is 10.1. The van der Waals surface area contributed by atoms with Crippen molar-refractivity contribution in [2.75, 3.05) is 19.8 Å². The average Bonchev–Trinajstić information content (AvgIpc) is 2.57. The largest absolute Gasteiger partial charge is 0.371 e. The SMILES string of the molecule is C/C=C/c1ccc(Br)c(C2COCC(=O)CO2)c1. The normalized spacial score (nSPS) is 21.2. The van der Waals surface area contributed by atoms with E-state index in [-0.39, 0.29) is 25.1 Å². The number of benzene rings is 1. The van der Waals surface area contributed by atoms with Gasteiger partial charge in [0.25, 0.3) is 0 Å². The molecule has 96 valence electrons. The molecule has 3 nitrogen and oxygen atoms in total. The Morgan fingerprint density at radius 2 is 2.22 bits per heavy atom. The van der Waals surface area contributed by atoms with Crippen molar-refractivity contribution in [1.82, 2.24) is 0 Å². The van der Waals surface area contributed by atoms with Crippen LogP contribution in [0.4, 0.5) is 0 Å². The molecule has 1 aromatic carbocycles. The minimum Gasteiger partial charge on any atom is -0.371 e. The van der Waals surface area contributed by atoms with Crippen molar-refractivity contribution in [2.45, 2.75) is 13.0 Å². The van der Waals surface area contributed by atoms with Crippen LogP contribution in [0.1, 0.15) is 24.2 Å². The van der Waals surface area contributed by atoms with Gasteiger partial charge in [-0.05, 0) is 30.2 Å². The van der Waals surface area contributed by atoms with Crippen LogP contribution in [0.25, 0.3) is 6.08 Å². The van der Waals surface area contributed by atoms with E-state index in [1.165, 1.54) is 0 Å². The molecule has 1 unspecified atom stereocenters. The molecule has 0 radical (unpaired) electrons. The second-order valence-corrected chi connectivity index (χ2v) is 4.99. The fraction of sp³-hybridized carbons (Fsp3) is 0.357. The molecule has 1 aromatic rings. The Morgan fingerprint density at radius 1 is 1.39 bits per heavy atom. The van der Waals surface area contributed by atoms with E-state index in [9.17, 15) is 4.79 Å². The van der Waals surface area contributed by atoms with Crippen molar-refractivity contribution >= 4 is 27.8 Å². The molecule has 0 amide bonds. The van der Waals surface area contributed by atoms with Crippen molar-refractivity contribution in [3.8, 4) is 0 Å². The summed E-state index contributed by atoms with van der Waals surface area (Å²) in [5, 5.41) is 0. The molecule has 18 heavy (non-hydrogen) atoms. The Kier molecular flexibility index (Phi) is 4.69. The van der Waals surface area contributed by atoms with E-state index >= 15 is 0 Å². The monoisotopic (exact) mass is 310 g/mol. The van der Waals surface area contributed by atoms with Gasteiger partial charge < -0.3 is 9.47 Å². The first kappa shape index (κ1) is 13.5. The van der Waals surface area contributed by atoms with Crippen molar-refractivity contribution in [3.05, 3.63) is 39.9 Å². The van der Waals surface area contributed by atoms with Crippen molar-refractivity contribution in [2.24, 2.45) is 0 Å². The third-order valence-corrected chi connectivity index (χ3v) is 3.43. The first-order valence-corrected chi connectivity index (χ1v) is 6.63. The predicted octanol–water partition coefficient (Wildman–Crippen LogP) is 3.14. The molecule has 1 aliphatic heterocycles. The molecule has 1 saturated heterocycles. The Balaban J connectivity index is 2.25. The third kappa shape index (κ3) is 3.28. The molecule has 0 bridgehead atoms. The molecule has 0 aliphatic carbocycles. The minimum atomic E-state index is -0.198. The molecule has 1 heterocycles. The summed E-state index contributed by atoms with van der Waals surface area (Å²) in [5.74, 6) is -0.0155. The summed E-state index contributed by atoms with van der Waals surface area (Å²) in [7, 11) is 0. The third-order valence-electron chi connectivity index (χ3n) is 2.70. The van der Waals surface area contributed by atoms with E-state index in [1.54, 1.807) is 0 Å². The standard InChI is InChI=1S/C14H15BrO3/c1-2-3-10-4-5-13(15)12(6-10)14-9-17-7-11(16)8-18-14/h2-6,14H,7-9H2,1H3/b3-2+. The van der Waals surface area contributed by atoms with Crippen LogP contribution in [0.15, 0.2) is 28.7 Å². The summed E-state index contributed by atoms with van der Waals surface area (Å²) in [6, 6.07) is 6.06. The summed E-state index contributed by atoms with van der Waals surface area (Å²) in [5.41, 5.74) is 2.12. The summed E-state index contributed by atoms with van der Waals surface area (Å²) >= 11 is 3.51. The van der Waals surface area contributed by atoms with Crippen LogP contribution in [-0.2, 0) is 14.3 Å². The zero-order chi connectivity index (χ0) is 13.0. The minimum absolute atomic E-state index is 0.0155. The number of hydrogen-bond donors (Lipinski definition) is 0. The maximum Gasteiger partial charge on any atom is 0.184 e. The highest BCUT2D eigenvalue weighted by Crippen LogP contribution is 2.29. The van der Waals surface area contributed by atoms with Gasteiger partial charge in [0, 0.05) is 4.47 Å². The maximum absolute atomic E-state index is 11.2. The lowest BCUT2D eigenvalue weighted by Crippen LogP contribution is -2.11. The molecule has 0 N–H and O–H groups in total. The first-order chi connectivity index (χ1) is 8.70. The number of carbonyl (C=O) groups excluding carboxylic acids is 1. The number of allylic oxidation sites excluding steroid dienone is 1. The van der Waals surface area contributed by atoms with Crippen LogP contribution in [0.3, 0.4) is 0 Å². The molecule has 0 aromatic heterocycles. The number of hydrogen-bond acceptors (Lipinski definition) is 3. The fourth-order valence-corrected chi connectivity index (χ4v) is 2.35. The van der Waals surface area contributed by atoms with Gasteiger partial charge >= 0.3 is 0 Å². The van der Waals surface area contributed by atoms with Crippen molar-refractivity contribution in [3.63, 3.8) is 0 Å². The lowest BCUT2D eigenvalue weighted by molar-refractivity contribution is -0.124. The van der Waals surface area contributed by atoms with Gasteiger partial charge in [0.15, 0.2) is 5.78 Å². The number of rotatable bonds is 2. The summed E-state index contributed by atoms with van der Waals surface area (Å²) in [6.45, 7) is 2.64. The van der Waals surface area contributed by atoms with Gasteiger partial charge in [-0.2, -0.15) is 0 Å². The Morgan fingerprint density at radius 3 is 3.00 bits per heavy atom. The highest BCUT2D eigenvalue weighted by Gasteiger charge is 2.21. The zero-order valence-electron chi connectivity index (χ0n) is 10.2. The van der Waals surface area contributed by atoms with E-state index in [1.807, 2.05) is 37.3 Å². The van der Waals surface area contributed by atoms with E-state index < -0.39 is 0 Å². The van der Waals surface area contributed by atoms with E-state index in [4.69, 9.17) is 9.47 Å². The van der Waals surface area contributed by atoms with Crippen LogP contribution >= 0.6 is 15.9 Å². The van der Waals surface area contributed by atoms with Crippen LogP contribution in [0.5, 0.6) is 0 Å². The molecule has 2 rings (SSSR count). The first-order valence-electron chi connectivity index (χ1n) is 5.84. The molecule has 0 saturated carbocycles. The molecule has 4 heteroatoms. The average molecular weight is 311 g/mol. The number of ketones is 1. The van der Waals surface area contributed by atoms with Gasteiger partial charge in [-0.15, -0.1) is 0 Å². The Labute approximate surface area is 115 Å². The Bertz CT molecular complexity index is 468. The maximum atomic E-state index is 11.2. The van der Waals surface area contributed by atoms with E-state index in [0.717, 1.165) is 15.6 Å². The second-order valence-electron chi connectivity index (χ2n) is 4.13. The molecule has 1 atom stereocenters. The summed E-state index contributed by atoms with van der Waals surface area (Å²) in [4.78, 5) is 11.2. The predicted molar refractivity (Wildman–Crippen MR) is 73.4 cm³/mol. The van der Waals surface area contributed by atoms with Crippen LogP contribution in [-0.4, -0.2) is 25.6 Å². The second kappa shape index (κ2) is 6.27. The van der Waals surface area contributed by atoms with Crippen LogP contribution < -0.4 is 0 Å². The van der Waals surface area contributed by atoms with Gasteiger partial charge in [-0.25, -0.2) is 0 Å². The quantitative estimate of drug-likeness (QED) is 0.842. The topological polar surface area (TPSA) is 35.5 Å². The van der Waals surface area contributed by atoms with Gasteiger partial charge in [0.1, 0.15) is 19.3 Å². The smallest absolute Gasteiger partial charge is 0.184 e. The van der Waals surface area contributed by atoms with Gasteiger partial charge in [-0.1, -0.05) is 34.1 Å². The number of Topliss-reactive ketones (excluding diaryl/α,β-unsaturated/α-hetero) is 1. The Hall–Kier alpha value is -0.970. The van der Waals surface area contributed by atoms with Crippen molar-refractivity contribution in [1.29, 1.82) is 0 Å². The van der Waals surface area contributed by atoms with E-state index in [0.29, 0.717) is 6.61 Å². The molecular formula is C14H15BrO3. The van der Waals surface area contributed by atoms with Crippen LogP contribution in [0, 0.1) is 0 Å². The molecule has 0 spiro atoms. The number of halogens is 1. The van der Waals surface area contributed by atoms with Gasteiger partial charge in [0.05, 0.1) is 6.61 Å². The molecule has 1 aliphatic rings. The highest BCUT2D eigenvalue weighted by atomic mass is 79.9. The van der Waals surface area contributed by atoms with Gasteiger partial charge in [-0.3, -0.25) is 4.79 Å². The van der Waals surface area contributed by atoms with Gasteiger partial charge in [0.2, 0.25) is 0 Å². The van der Waals surface area contributed by atoms with E-state index in [2.05, 4.69) is 15.9 Å². The molecular weight excluding hydrogens is 296 g/mol. The molecule has 1 fully saturated rings. The van der Waals surface area contributed by atoms with Crippen molar-refractivity contribution < 1.29 is 14.3 Å². The number of ether oxygens (including phenoxy) is 2. The summed E-state index contributed by atoms with van der Waals surface area (Å²) < 4.78 is 11.9. The number of carbonyl (C=O) groups is 1. The highest BCUT2D eigenvalue weighted by molar-refractivity contribution is 9.10. The van der Waals surface area contributed by atoms with Crippen LogP contribution in [0.2, 0.25) is 0 Å².